The van der Waals surface area contributed by atoms with Gasteiger partial charge in [-0.3, -0.25) is 4.79 Å². The van der Waals surface area contributed by atoms with Gasteiger partial charge in [-0.1, -0.05) is 0 Å². The van der Waals surface area contributed by atoms with Crippen LogP contribution in [-0.4, -0.2) is 44.0 Å². The van der Waals surface area contributed by atoms with Gasteiger partial charge in [0, 0.05) is 7.05 Å². The van der Waals surface area contributed by atoms with Crippen LogP contribution < -0.4 is 0 Å². The topological polar surface area (TPSA) is 53.3 Å². The average molecular weight is 206 g/mol. The molecular formula is C8H12F2N2O2. The van der Waals surface area contributed by atoms with Crippen LogP contribution in [0.25, 0.3) is 0 Å². The summed E-state index contributed by atoms with van der Waals surface area (Å²) in [5, 5.41) is 8.26. The minimum Gasteiger partial charge on any atom is -0.375 e. The van der Waals surface area contributed by atoms with E-state index in [1.165, 1.54) is 11.9 Å². The van der Waals surface area contributed by atoms with E-state index in [1.54, 1.807) is 6.07 Å². The summed E-state index contributed by atoms with van der Waals surface area (Å²) in [6.07, 6.45) is -2.49. The lowest BCUT2D eigenvalue weighted by atomic mass is 10.4. The molecule has 0 atom stereocenters. The van der Waals surface area contributed by atoms with Crippen LogP contribution in [0, 0.1) is 11.3 Å². The molecule has 0 rings (SSSR count). The number of nitriles is 1. The highest BCUT2D eigenvalue weighted by Crippen LogP contribution is 1.95. The summed E-state index contributed by atoms with van der Waals surface area (Å²) >= 11 is 0. The van der Waals surface area contributed by atoms with E-state index in [0.29, 0.717) is 0 Å². The molecule has 0 N–H and O–H groups in total. The first kappa shape index (κ1) is 12.8. The summed E-state index contributed by atoms with van der Waals surface area (Å²) in [4.78, 5) is 12.3. The van der Waals surface area contributed by atoms with Gasteiger partial charge in [0.05, 0.1) is 19.1 Å². The number of carbonyl (C=O) groups excluding carboxylic acids is 1. The lowest BCUT2D eigenvalue weighted by Crippen LogP contribution is -2.28. The summed E-state index contributed by atoms with van der Waals surface area (Å²) in [5.74, 6) is -0.291. The predicted octanol–water partition coefficient (Wildman–Crippen LogP) is 0.640. The van der Waals surface area contributed by atoms with Gasteiger partial charge in [-0.25, -0.2) is 8.78 Å². The number of ether oxygens (including phenoxy) is 1. The van der Waals surface area contributed by atoms with E-state index in [0.717, 1.165) is 0 Å². The number of hydrogen-bond donors (Lipinski definition) is 0. The standard InChI is InChI=1S/C8H12F2N2O2/c1-12(4-3-11)8(13)2-5-14-6-7(9)10/h7H,2,4-6H2,1H3. The fourth-order valence-electron chi connectivity index (χ4n) is 0.717. The van der Waals surface area contributed by atoms with Gasteiger partial charge < -0.3 is 9.64 Å². The SMILES string of the molecule is CN(CC#N)C(=O)CCOCC(F)F. The number of hydrogen-bond acceptors (Lipinski definition) is 3. The molecular weight excluding hydrogens is 194 g/mol. The molecule has 0 saturated carbocycles. The molecule has 0 aliphatic carbocycles. The molecule has 4 nitrogen and oxygen atoms in total. The largest absolute Gasteiger partial charge is 0.375 e. The Bertz CT molecular complexity index is 216. The highest BCUT2D eigenvalue weighted by atomic mass is 19.3. The summed E-state index contributed by atoms with van der Waals surface area (Å²) in [6.45, 7) is -0.706. The fourth-order valence-corrected chi connectivity index (χ4v) is 0.717. The molecule has 0 heterocycles. The molecule has 0 aliphatic heterocycles. The first-order valence-electron chi connectivity index (χ1n) is 4.04. The molecule has 0 radical (unpaired) electrons. The van der Waals surface area contributed by atoms with E-state index in [4.69, 9.17) is 5.26 Å². The molecule has 0 saturated heterocycles. The zero-order chi connectivity index (χ0) is 11.0. The maximum atomic E-state index is 11.6. The third-order valence-corrected chi connectivity index (χ3v) is 1.44. The second-order valence-corrected chi connectivity index (χ2v) is 2.62. The van der Waals surface area contributed by atoms with Crippen molar-refractivity contribution in [2.45, 2.75) is 12.8 Å². The van der Waals surface area contributed by atoms with Crippen molar-refractivity contribution in [2.75, 3.05) is 26.8 Å². The second kappa shape index (κ2) is 7.21. The molecule has 80 valence electrons. The quantitative estimate of drug-likeness (QED) is 0.473. The number of nitrogens with zero attached hydrogens (tertiary/aromatic N) is 2. The van der Waals surface area contributed by atoms with Crippen molar-refractivity contribution in [2.24, 2.45) is 0 Å². The number of halogens is 2. The molecule has 0 aromatic rings. The number of alkyl halides is 2. The first-order chi connectivity index (χ1) is 6.57. The second-order valence-electron chi connectivity index (χ2n) is 2.62. The van der Waals surface area contributed by atoms with Crippen LogP contribution in [0.1, 0.15) is 6.42 Å². The highest BCUT2D eigenvalue weighted by Gasteiger charge is 2.08. The van der Waals surface area contributed by atoms with Gasteiger partial charge in [-0.2, -0.15) is 5.26 Å². The van der Waals surface area contributed by atoms with E-state index in [1.807, 2.05) is 0 Å². The number of amides is 1. The monoisotopic (exact) mass is 206 g/mol. The van der Waals surface area contributed by atoms with Gasteiger partial charge in [-0.05, 0) is 0 Å². The predicted molar refractivity (Wildman–Crippen MR) is 44.7 cm³/mol. The normalized spacial score (nSPS) is 9.93. The Kier molecular flexibility index (Phi) is 6.58. The van der Waals surface area contributed by atoms with Crippen LogP contribution in [0.4, 0.5) is 8.78 Å². The Labute approximate surface area is 81.1 Å². The molecule has 0 unspecified atom stereocenters. The van der Waals surface area contributed by atoms with Crippen LogP contribution >= 0.6 is 0 Å². The molecule has 6 heteroatoms. The van der Waals surface area contributed by atoms with Gasteiger partial charge in [-0.15, -0.1) is 0 Å². The lowest BCUT2D eigenvalue weighted by molar-refractivity contribution is -0.130. The third kappa shape index (κ3) is 6.31. The Balaban J connectivity index is 3.50. The van der Waals surface area contributed by atoms with Crippen LogP contribution in [0.2, 0.25) is 0 Å². The van der Waals surface area contributed by atoms with Crippen LogP contribution in [0.15, 0.2) is 0 Å². The molecule has 0 aromatic heterocycles. The van der Waals surface area contributed by atoms with Crippen LogP contribution in [0.3, 0.4) is 0 Å². The minimum atomic E-state index is -2.51. The number of rotatable bonds is 6. The molecule has 0 fully saturated rings. The van der Waals surface area contributed by atoms with Gasteiger partial charge in [0.25, 0.3) is 6.43 Å². The van der Waals surface area contributed by atoms with E-state index in [2.05, 4.69) is 4.74 Å². The highest BCUT2D eigenvalue weighted by molar-refractivity contribution is 5.76. The molecule has 1 amide bonds. The summed E-state index contributed by atoms with van der Waals surface area (Å²) in [6, 6.07) is 1.80. The maximum absolute atomic E-state index is 11.6. The molecule has 0 bridgehead atoms. The molecule has 0 aliphatic rings. The average Bonchev–Trinajstić information content (AvgIpc) is 2.12. The van der Waals surface area contributed by atoms with Crippen molar-refractivity contribution in [3.8, 4) is 6.07 Å². The molecule has 0 aromatic carbocycles. The Morgan fingerprint density at radius 3 is 2.79 bits per heavy atom. The Morgan fingerprint density at radius 1 is 1.64 bits per heavy atom. The van der Waals surface area contributed by atoms with Crippen molar-refractivity contribution in [3.63, 3.8) is 0 Å². The smallest absolute Gasteiger partial charge is 0.261 e. The van der Waals surface area contributed by atoms with E-state index in [-0.39, 0.29) is 25.5 Å². The van der Waals surface area contributed by atoms with Crippen molar-refractivity contribution < 1.29 is 18.3 Å². The Morgan fingerprint density at radius 2 is 2.29 bits per heavy atom. The first-order valence-corrected chi connectivity index (χ1v) is 4.04. The summed E-state index contributed by atoms with van der Waals surface area (Å²) in [5.41, 5.74) is 0. The lowest BCUT2D eigenvalue weighted by Gasteiger charge is -2.12. The van der Waals surface area contributed by atoms with Crippen molar-refractivity contribution >= 4 is 5.91 Å². The van der Waals surface area contributed by atoms with Crippen LogP contribution in [0.5, 0.6) is 0 Å². The van der Waals surface area contributed by atoms with Gasteiger partial charge >= 0.3 is 0 Å². The van der Waals surface area contributed by atoms with Crippen molar-refractivity contribution in [1.82, 2.24) is 4.90 Å². The van der Waals surface area contributed by atoms with Crippen LogP contribution in [-0.2, 0) is 9.53 Å². The van der Waals surface area contributed by atoms with Crippen molar-refractivity contribution in [1.29, 1.82) is 5.26 Å². The van der Waals surface area contributed by atoms with Crippen molar-refractivity contribution in [3.05, 3.63) is 0 Å². The van der Waals surface area contributed by atoms with Gasteiger partial charge in [0.1, 0.15) is 13.2 Å². The van der Waals surface area contributed by atoms with Gasteiger partial charge in [0.2, 0.25) is 5.91 Å². The summed E-state index contributed by atoms with van der Waals surface area (Å²) < 4.78 is 27.7. The Hall–Kier alpha value is -1.22. The molecule has 14 heavy (non-hydrogen) atoms. The zero-order valence-electron chi connectivity index (χ0n) is 7.87. The van der Waals surface area contributed by atoms with E-state index in [9.17, 15) is 13.6 Å². The van der Waals surface area contributed by atoms with Gasteiger partial charge in [0.15, 0.2) is 0 Å². The fraction of sp³-hybridized carbons (Fsp3) is 0.750. The zero-order valence-corrected chi connectivity index (χ0v) is 7.87. The number of carbonyl (C=O) groups is 1. The van der Waals surface area contributed by atoms with E-state index < -0.39 is 13.0 Å². The maximum Gasteiger partial charge on any atom is 0.261 e. The minimum absolute atomic E-state index is 0.00627. The van der Waals surface area contributed by atoms with E-state index >= 15 is 0 Å². The summed E-state index contributed by atoms with van der Waals surface area (Å²) in [7, 11) is 1.47. The third-order valence-electron chi connectivity index (χ3n) is 1.44. The molecule has 0 spiro atoms.